The molecule has 0 heterocycles. The van der Waals surface area contributed by atoms with Gasteiger partial charge in [0.05, 0.1) is 0 Å². The molecule has 0 fully saturated rings. The molecule has 0 spiro atoms. The number of hydrogen-bond acceptors (Lipinski definition) is 4. The van der Waals surface area contributed by atoms with Crippen molar-refractivity contribution in [3.63, 3.8) is 0 Å². The molecule has 4 N–H and O–H groups in total. The van der Waals surface area contributed by atoms with Gasteiger partial charge in [-0.3, -0.25) is 14.4 Å². The summed E-state index contributed by atoms with van der Waals surface area (Å²) >= 11 is 0. The van der Waals surface area contributed by atoms with Crippen LogP contribution in [0.25, 0.3) is 0 Å². The molecule has 6 nitrogen and oxygen atoms in total. The average Bonchev–Trinajstić information content (AvgIpc) is 2.11. The quantitative estimate of drug-likeness (QED) is 0.362. The van der Waals surface area contributed by atoms with E-state index in [0.29, 0.717) is 13.1 Å². The van der Waals surface area contributed by atoms with E-state index in [0.717, 1.165) is 12.8 Å². The molecular formula is C8H17N3O3. The fourth-order valence-corrected chi connectivity index (χ4v) is 0.869. The van der Waals surface area contributed by atoms with Crippen LogP contribution < -0.4 is 16.5 Å². The Bertz CT molecular complexity index is 185. The Kier molecular flexibility index (Phi) is 7.77. The Morgan fingerprint density at radius 3 is 2.29 bits per heavy atom. The summed E-state index contributed by atoms with van der Waals surface area (Å²) in [6.45, 7) is 2.56. The van der Waals surface area contributed by atoms with Crippen LogP contribution >= 0.6 is 0 Å². The molecule has 0 aliphatic rings. The van der Waals surface area contributed by atoms with Crippen molar-refractivity contribution < 1.29 is 14.4 Å². The number of carbonyl (C=O) groups excluding carboxylic acids is 2. The highest BCUT2D eigenvalue weighted by atomic mass is 16.6. The Hall–Kier alpha value is -1.14. The summed E-state index contributed by atoms with van der Waals surface area (Å²) in [6, 6.07) is 0. The van der Waals surface area contributed by atoms with Gasteiger partial charge in [0.1, 0.15) is 6.61 Å². The SMILES string of the molecule is CC(=O)NCCCCNC(=O)CON. The molecule has 0 rings (SSSR count). The third-order valence-corrected chi connectivity index (χ3v) is 1.51. The van der Waals surface area contributed by atoms with Crippen molar-refractivity contribution >= 4 is 11.8 Å². The van der Waals surface area contributed by atoms with Crippen LogP contribution in [0.3, 0.4) is 0 Å². The number of hydrogen-bond donors (Lipinski definition) is 3. The smallest absolute Gasteiger partial charge is 0.248 e. The second-order valence-electron chi connectivity index (χ2n) is 2.85. The number of amides is 2. The van der Waals surface area contributed by atoms with Crippen LogP contribution in [-0.4, -0.2) is 31.5 Å². The third-order valence-electron chi connectivity index (χ3n) is 1.51. The lowest BCUT2D eigenvalue weighted by molar-refractivity contribution is -0.125. The largest absolute Gasteiger partial charge is 0.356 e. The van der Waals surface area contributed by atoms with Crippen LogP contribution in [0.5, 0.6) is 0 Å². The van der Waals surface area contributed by atoms with Gasteiger partial charge in [0.25, 0.3) is 0 Å². The maximum atomic E-state index is 10.8. The molecule has 6 heteroatoms. The highest BCUT2D eigenvalue weighted by molar-refractivity contribution is 5.77. The molecule has 0 aromatic rings. The van der Waals surface area contributed by atoms with Crippen LogP contribution in [0.15, 0.2) is 0 Å². The zero-order chi connectivity index (χ0) is 10.8. The van der Waals surface area contributed by atoms with Crippen LogP contribution in [0.1, 0.15) is 19.8 Å². The summed E-state index contributed by atoms with van der Waals surface area (Å²) in [5.74, 6) is 4.44. The lowest BCUT2D eigenvalue weighted by Crippen LogP contribution is -2.30. The van der Waals surface area contributed by atoms with Crippen LogP contribution in [0.2, 0.25) is 0 Å². The predicted molar refractivity (Wildman–Crippen MR) is 51.1 cm³/mol. The number of rotatable bonds is 7. The first-order valence-electron chi connectivity index (χ1n) is 4.49. The summed E-state index contributed by atoms with van der Waals surface area (Å²) in [6.07, 6.45) is 1.65. The Labute approximate surface area is 83.1 Å². The van der Waals surface area contributed by atoms with Gasteiger partial charge in [0.15, 0.2) is 0 Å². The van der Waals surface area contributed by atoms with Gasteiger partial charge in [-0.2, -0.15) is 0 Å². The van der Waals surface area contributed by atoms with E-state index in [2.05, 4.69) is 15.5 Å². The molecule has 0 aliphatic heterocycles. The predicted octanol–water partition coefficient (Wildman–Crippen LogP) is -1.09. The Morgan fingerprint density at radius 2 is 1.79 bits per heavy atom. The molecule has 0 unspecified atom stereocenters. The molecular weight excluding hydrogens is 186 g/mol. The van der Waals surface area contributed by atoms with Crippen molar-refractivity contribution in [2.24, 2.45) is 5.90 Å². The zero-order valence-electron chi connectivity index (χ0n) is 8.34. The maximum Gasteiger partial charge on any atom is 0.248 e. The maximum absolute atomic E-state index is 10.8. The van der Waals surface area contributed by atoms with Gasteiger partial charge in [0, 0.05) is 20.0 Å². The molecule has 0 radical (unpaired) electrons. The van der Waals surface area contributed by atoms with E-state index in [9.17, 15) is 9.59 Å². The topological polar surface area (TPSA) is 93.5 Å². The van der Waals surface area contributed by atoms with E-state index >= 15 is 0 Å². The number of unbranched alkanes of at least 4 members (excludes halogenated alkanes) is 1. The Balaban J connectivity index is 3.13. The highest BCUT2D eigenvalue weighted by Gasteiger charge is 1.98. The Morgan fingerprint density at radius 1 is 1.21 bits per heavy atom. The zero-order valence-corrected chi connectivity index (χ0v) is 8.34. The lowest BCUT2D eigenvalue weighted by Gasteiger charge is -2.04. The summed E-state index contributed by atoms with van der Waals surface area (Å²) in [5, 5.41) is 5.28. The van der Waals surface area contributed by atoms with E-state index in [1.54, 1.807) is 0 Å². The van der Waals surface area contributed by atoms with Crippen molar-refractivity contribution in [2.75, 3.05) is 19.7 Å². The summed E-state index contributed by atoms with van der Waals surface area (Å²) < 4.78 is 0. The fourth-order valence-electron chi connectivity index (χ4n) is 0.869. The average molecular weight is 203 g/mol. The summed E-state index contributed by atoms with van der Waals surface area (Å²) in [5.41, 5.74) is 0. The molecule has 0 aliphatic carbocycles. The van der Waals surface area contributed by atoms with Crippen molar-refractivity contribution in [3.05, 3.63) is 0 Å². The molecule has 0 saturated carbocycles. The second-order valence-corrected chi connectivity index (χ2v) is 2.85. The van der Waals surface area contributed by atoms with Gasteiger partial charge >= 0.3 is 0 Å². The molecule has 14 heavy (non-hydrogen) atoms. The molecule has 0 aromatic carbocycles. The molecule has 2 amide bonds. The van der Waals surface area contributed by atoms with Crippen LogP contribution in [-0.2, 0) is 14.4 Å². The molecule has 0 aromatic heterocycles. The van der Waals surface area contributed by atoms with Gasteiger partial charge in [-0.15, -0.1) is 0 Å². The minimum atomic E-state index is -0.230. The number of nitrogens with two attached hydrogens (primary N) is 1. The normalized spacial score (nSPS) is 9.57. The minimum Gasteiger partial charge on any atom is -0.356 e. The van der Waals surface area contributed by atoms with Crippen LogP contribution in [0.4, 0.5) is 0 Å². The van der Waals surface area contributed by atoms with Crippen LogP contribution in [0, 0.1) is 0 Å². The first-order chi connectivity index (χ1) is 6.66. The fraction of sp³-hybridized carbons (Fsp3) is 0.750. The number of nitrogens with one attached hydrogen (secondary N) is 2. The first-order valence-corrected chi connectivity index (χ1v) is 4.49. The lowest BCUT2D eigenvalue weighted by atomic mass is 10.3. The molecule has 0 bridgehead atoms. The van der Waals surface area contributed by atoms with Crippen molar-refractivity contribution in [2.45, 2.75) is 19.8 Å². The van der Waals surface area contributed by atoms with Gasteiger partial charge < -0.3 is 10.6 Å². The first kappa shape index (κ1) is 12.9. The monoisotopic (exact) mass is 203 g/mol. The van der Waals surface area contributed by atoms with Crippen molar-refractivity contribution in [1.29, 1.82) is 0 Å². The second kappa shape index (κ2) is 8.46. The van der Waals surface area contributed by atoms with E-state index in [1.807, 2.05) is 0 Å². The number of carbonyl (C=O) groups is 2. The molecule has 0 atom stereocenters. The van der Waals surface area contributed by atoms with E-state index in [4.69, 9.17) is 5.90 Å². The summed E-state index contributed by atoms with van der Waals surface area (Å²) in [7, 11) is 0. The van der Waals surface area contributed by atoms with Gasteiger partial charge in [-0.1, -0.05) is 0 Å². The van der Waals surface area contributed by atoms with Gasteiger partial charge in [0.2, 0.25) is 11.8 Å². The standard InChI is InChI=1S/C8H17N3O3/c1-7(12)10-4-2-3-5-11-8(13)6-14-9/h2-6,9H2,1H3,(H,10,12)(H,11,13). The highest BCUT2D eigenvalue weighted by Crippen LogP contribution is 1.84. The third kappa shape index (κ3) is 8.95. The van der Waals surface area contributed by atoms with E-state index < -0.39 is 0 Å². The molecule has 82 valence electrons. The molecule has 0 saturated heterocycles. The minimum absolute atomic E-state index is 0.0365. The van der Waals surface area contributed by atoms with E-state index in [1.165, 1.54) is 6.92 Å². The van der Waals surface area contributed by atoms with Crippen molar-refractivity contribution in [3.8, 4) is 0 Å². The van der Waals surface area contributed by atoms with Crippen molar-refractivity contribution in [1.82, 2.24) is 10.6 Å². The van der Waals surface area contributed by atoms with Gasteiger partial charge in [-0.05, 0) is 12.8 Å². The van der Waals surface area contributed by atoms with E-state index in [-0.39, 0.29) is 18.4 Å². The van der Waals surface area contributed by atoms with Gasteiger partial charge in [-0.25, -0.2) is 5.90 Å². The summed E-state index contributed by atoms with van der Waals surface area (Å²) in [4.78, 5) is 25.4.